The Labute approximate surface area is 97.4 Å². The third-order valence-corrected chi connectivity index (χ3v) is 3.76. The molecule has 0 N–H and O–H groups in total. The van der Waals surface area contributed by atoms with E-state index in [4.69, 9.17) is 0 Å². The summed E-state index contributed by atoms with van der Waals surface area (Å²) in [5, 5.41) is 0. The van der Waals surface area contributed by atoms with Crippen LogP contribution in [0.15, 0.2) is 23.3 Å². The highest BCUT2D eigenvalue weighted by Crippen LogP contribution is 2.49. The van der Waals surface area contributed by atoms with Crippen LogP contribution in [0, 0.1) is 0 Å². The van der Waals surface area contributed by atoms with E-state index >= 15 is 0 Å². The average molecular weight is 338 g/mol. The lowest BCUT2D eigenvalue weighted by molar-refractivity contribution is 0.228. The van der Waals surface area contributed by atoms with Gasteiger partial charge in [-0.05, 0) is 6.42 Å². The number of halogens is 6. The largest absolute Gasteiger partial charge is 0.238 e. The summed E-state index contributed by atoms with van der Waals surface area (Å²) in [5.74, 6) is -7.42. The van der Waals surface area contributed by atoms with Crippen LogP contribution in [0.1, 0.15) is 19.8 Å². The molecule has 0 amide bonds. The minimum absolute atomic E-state index is 0.103. The van der Waals surface area contributed by atoms with Gasteiger partial charge in [0.05, 0.1) is 0 Å². The third kappa shape index (κ3) is 1.92. The van der Waals surface area contributed by atoms with Gasteiger partial charge in [-0.2, -0.15) is 0 Å². The van der Waals surface area contributed by atoms with Gasteiger partial charge >= 0.3 is 0 Å². The Hall–Kier alpha value is -0.140. The molecule has 0 heterocycles. The monoisotopic (exact) mass is 338 g/mol. The minimum atomic E-state index is -2.47. The summed E-state index contributed by atoms with van der Waals surface area (Å²) in [5.41, 5.74) is 0. The van der Waals surface area contributed by atoms with Gasteiger partial charge in [0.1, 0.15) is 3.42 Å². The van der Waals surface area contributed by atoms with Crippen LogP contribution in [0.2, 0.25) is 0 Å². The van der Waals surface area contributed by atoms with E-state index in [0.29, 0.717) is 6.42 Å². The summed E-state index contributed by atoms with van der Waals surface area (Å²) >= 11 is 1.29. The van der Waals surface area contributed by atoms with Gasteiger partial charge < -0.3 is 0 Å². The molecule has 0 radical (unpaired) electrons. The first-order chi connectivity index (χ1) is 6.86. The molecule has 86 valence electrons. The second-order valence-electron chi connectivity index (χ2n) is 3.26. The molecule has 1 aliphatic rings. The number of rotatable bonds is 2. The standard InChI is InChI=1S/C9H8F5I/c1-2-3-9(15)7(13)5(11)4(10)6(12)8(9)14/h7H,2-3H2,1H3. The van der Waals surface area contributed by atoms with E-state index in [1.54, 1.807) is 6.92 Å². The second-order valence-corrected chi connectivity index (χ2v) is 5.19. The van der Waals surface area contributed by atoms with Crippen LogP contribution in [0.5, 0.6) is 0 Å². The fourth-order valence-electron chi connectivity index (χ4n) is 1.41. The van der Waals surface area contributed by atoms with E-state index in [2.05, 4.69) is 0 Å². The van der Waals surface area contributed by atoms with Crippen LogP contribution in [0.4, 0.5) is 22.0 Å². The zero-order valence-corrected chi connectivity index (χ0v) is 9.92. The molecule has 15 heavy (non-hydrogen) atoms. The van der Waals surface area contributed by atoms with Crippen LogP contribution in [-0.2, 0) is 0 Å². The van der Waals surface area contributed by atoms with Crippen molar-refractivity contribution in [2.45, 2.75) is 29.4 Å². The number of hydrogen-bond acceptors (Lipinski definition) is 0. The maximum atomic E-state index is 13.4. The third-order valence-electron chi connectivity index (χ3n) is 2.20. The molecule has 0 bridgehead atoms. The van der Waals surface area contributed by atoms with Crippen LogP contribution in [0.3, 0.4) is 0 Å². The van der Waals surface area contributed by atoms with Crippen molar-refractivity contribution in [3.8, 4) is 0 Å². The Kier molecular flexibility index (Phi) is 3.78. The number of hydrogen-bond donors (Lipinski definition) is 0. The van der Waals surface area contributed by atoms with Gasteiger partial charge in [-0.1, -0.05) is 35.9 Å². The van der Waals surface area contributed by atoms with Gasteiger partial charge in [-0.3, -0.25) is 0 Å². The lowest BCUT2D eigenvalue weighted by atomic mass is 9.91. The smallest absolute Gasteiger partial charge is 0.196 e. The average Bonchev–Trinajstić information content (AvgIpc) is 2.22. The molecule has 1 aliphatic carbocycles. The van der Waals surface area contributed by atoms with Crippen molar-refractivity contribution >= 4 is 22.6 Å². The van der Waals surface area contributed by atoms with Crippen LogP contribution in [-0.4, -0.2) is 9.59 Å². The maximum absolute atomic E-state index is 13.4. The number of alkyl halides is 2. The normalized spacial score (nSPS) is 32.6. The van der Waals surface area contributed by atoms with Crippen molar-refractivity contribution in [3.63, 3.8) is 0 Å². The molecule has 2 unspecified atom stereocenters. The molecule has 0 aromatic carbocycles. The Balaban J connectivity index is 3.25. The zero-order valence-electron chi connectivity index (χ0n) is 7.76. The molecule has 0 saturated carbocycles. The van der Waals surface area contributed by atoms with E-state index in [1.807, 2.05) is 0 Å². The molecule has 0 nitrogen and oxygen atoms in total. The summed E-state index contributed by atoms with van der Waals surface area (Å²) in [6.45, 7) is 1.62. The quantitative estimate of drug-likeness (QED) is 0.392. The topological polar surface area (TPSA) is 0 Å². The fourth-order valence-corrected chi connectivity index (χ4v) is 2.46. The van der Waals surface area contributed by atoms with Crippen molar-refractivity contribution in [1.82, 2.24) is 0 Å². The molecule has 0 aromatic heterocycles. The summed E-state index contributed by atoms with van der Waals surface area (Å²) in [6, 6.07) is 0. The lowest BCUT2D eigenvalue weighted by Gasteiger charge is -2.31. The van der Waals surface area contributed by atoms with Gasteiger partial charge in [-0.15, -0.1) is 0 Å². The Morgan fingerprint density at radius 1 is 1.20 bits per heavy atom. The van der Waals surface area contributed by atoms with Gasteiger partial charge in [0.15, 0.2) is 29.5 Å². The fraction of sp³-hybridized carbons (Fsp3) is 0.556. The van der Waals surface area contributed by atoms with E-state index in [9.17, 15) is 22.0 Å². The summed E-state index contributed by atoms with van der Waals surface area (Å²) in [4.78, 5) is 0. The Morgan fingerprint density at radius 2 is 1.73 bits per heavy atom. The van der Waals surface area contributed by atoms with Crippen molar-refractivity contribution in [2.24, 2.45) is 0 Å². The van der Waals surface area contributed by atoms with Crippen LogP contribution < -0.4 is 0 Å². The van der Waals surface area contributed by atoms with Gasteiger partial charge in [0.2, 0.25) is 0 Å². The molecule has 0 spiro atoms. The zero-order chi connectivity index (χ0) is 11.8. The molecule has 0 saturated heterocycles. The molecule has 0 aromatic rings. The maximum Gasteiger partial charge on any atom is 0.196 e. The first kappa shape index (κ1) is 12.9. The van der Waals surface area contributed by atoms with Crippen LogP contribution >= 0.6 is 22.6 Å². The molecule has 6 heteroatoms. The molecule has 2 atom stereocenters. The predicted molar refractivity (Wildman–Crippen MR) is 55.0 cm³/mol. The molecule has 0 aliphatic heterocycles. The van der Waals surface area contributed by atoms with E-state index < -0.39 is 32.9 Å². The Bertz CT molecular complexity index is 335. The number of allylic oxidation sites excluding steroid dienone is 4. The highest BCUT2D eigenvalue weighted by molar-refractivity contribution is 14.1. The summed E-state index contributed by atoms with van der Waals surface area (Å²) in [6.07, 6.45) is -2.24. The van der Waals surface area contributed by atoms with Gasteiger partial charge in [0.25, 0.3) is 0 Å². The van der Waals surface area contributed by atoms with Crippen molar-refractivity contribution in [1.29, 1.82) is 0 Å². The second kappa shape index (κ2) is 4.39. The summed E-state index contributed by atoms with van der Waals surface area (Å²) in [7, 11) is 0. The van der Waals surface area contributed by atoms with Crippen molar-refractivity contribution in [2.75, 3.05) is 0 Å². The highest BCUT2D eigenvalue weighted by atomic mass is 127. The van der Waals surface area contributed by atoms with Crippen LogP contribution in [0.25, 0.3) is 0 Å². The Morgan fingerprint density at radius 3 is 2.20 bits per heavy atom. The summed E-state index contributed by atoms with van der Waals surface area (Å²) < 4.78 is 63.1. The van der Waals surface area contributed by atoms with Crippen molar-refractivity contribution in [3.05, 3.63) is 23.3 Å². The van der Waals surface area contributed by atoms with Gasteiger partial charge in [0, 0.05) is 0 Å². The molecule has 1 rings (SSSR count). The first-order valence-electron chi connectivity index (χ1n) is 4.30. The minimum Gasteiger partial charge on any atom is -0.238 e. The van der Waals surface area contributed by atoms with Gasteiger partial charge in [-0.25, -0.2) is 22.0 Å². The van der Waals surface area contributed by atoms with E-state index in [-0.39, 0.29) is 6.42 Å². The SMILES string of the molecule is CCCC1(I)C(F)=C(F)C(F)=C(F)C1F. The van der Waals surface area contributed by atoms with E-state index in [1.165, 1.54) is 22.6 Å². The van der Waals surface area contributed by atoms with E-state index in [0.717, 1.165) is 0 Å². The highest BCUT2D eigenvalue weighted by Gasteiger charge is 2.50. The molecular formula is C9H8F5I. The molecular weight excluding hydrogens is 330 g/mol. The first-order valence-corrected chi connectivity index (χ1v) is 5.38. The van der Waals surface area contributed by atoms with Crippen molar-refractivity contribution < 1.29 is 22.0 Å². The molecule has 0 fully saturated rings. The lowest BCUT2D eigenvalue weighted by Crippen LogP contribution is -2.37. The predicted octanol–water partition coefficient (Wildman–Crippen LogP) is 4.61.